The Bertz CT molecular complexity index is 452. The minimum atomic E-state index is -0.323. The van der Waals surface area contributed by atoms with Crippen LogP contribution < -0.4 is 11.3 Å². The third-order valence-corrected chi connectivity index (χ3v) is 4.80. The molecule has 21 heavy (non-hydrogen) atoms. The van der Waals surface area contributed by atoms with Crippen molar-refractivity contribution in [3.05, 3.63) is 34.6 Å². The Labute approximate surface area is 131 Å². The first-order valence-corrected chi connectivity index (χ1v) is 7.96. The Hall–Kier alpha value is -0.680. The fourth-order valence-corrected chi connectivity index (χ4v) is 3.59. The number of hydrogen-bond donors (Lipinski definition) is 2. The highest BCUT2D eigenvalue weighted by Crippen LogP contribution is 2.30. The van der Waals surface area contributed by atoms with E-state index in [1.807, 2.05) is 0 Å². The van der Waals surface area contributed by atoms with E-state index in [0.29, 0.717) is 17.4 Å². The van der Waals surface area contributed by atoms with E-state index in [0.717, 1.165) is 5.56 Å². The van der Waals surface area contributed by atoms with E-state index in [2.05, 4.69) is 5.43 Å². The molecular formula is C16H24ClFN2O. The Balaban J connectivity index is 2.09. The van der Waals surface area contributed by atoms with Gasteiger partial charge in [0.15, 0.2) is 0 Å². The summed E-state index contributed by atoms with van der Waals surface area (Å²) >= 11 is 6.11. The van der Waals surface area contributed by atoms with Crippen molar-refractivity contribution in [2.75, 3.05) is 7.11 Å². The molecule has 0 aliphatic heterocycles. The zero-order valence-electron chi connectivity index (χ0n) is 12.4. The van der Waals surface area contributed by atoms with Crippen LogP contribution in [0.25, 0.3) is 0 Å². The van der Waals surface area contributed by atoms with Crippen LogP contribution in [-0.2, 0) is 11.2 Å². The maximum absolute atomic E-state index is 13.1. The molecule has 5 heteroatoms. The molecule has 2 unspecified atom stereocenters. The van der Waals surface area contributed by atoms with E-state index in [-0.39, 0.29) is 18.0 Å². The number of rotatable bonds is 6. The second-order valence-corrected chi connectivity index (χ2v) is 6.22. The third-order valence-electron chi connectivity index (χ3n) is 4.45. The summed E-state index contributed by atoms with van der Waals surface area (Å²) in [6.07, 6.45) is 6.83. The summed E-state index contributed by atoms with van der Waals surface area (Å²) in [6, 6.07) is 4.46. The average Bonchev–Trinajstić information content (AvgIpc) is 2.50. The Morgan fingerprint density at radius 3 is 2.67 bits per heavy atom. The molecule has 1 aliphatic rings. The van der Waals surface area contributed by atoms with Gasteiger partial charge in [0.25, 0.3) is 0 Å². The molecule has 2 atom stereocenters. The molecular weight excluding hydrogens is 291 g/mol. The first-order chi connectivity index (χ1) is 10.2. The highest BCUT2D eigenvalue weighted by atomic mass is 35.5. The molecule has 0 radical (unpaired) electrons. The number of methoxy groups -OCH3 is 1. The van der Waals surface area contributed by atoms with E-state index in [4.69, 9.17) is 22.2 Å². The van der Waals surface area contributed by atoms with Gasteiger partial charge in [-0.3, -0.25) is 11.3 Å². The lowest BCUT2D eigenvalue weighted by Crippen LogP contribution is -2.49. The molecule has 0 amide bonds. The van der Waals surface area contributed by atoms with Gasteiger partial charge in [-0.05, 0) is 42.9 Å². The van der Waals surface area contributed by atoms with Gasteiger partial charge < -0.3 is 4.74 Å². The topological polar surface area (TPSA) is 47.3 Å². The number of halogens is 2. The summed E-state index contributed by atoms with van der Waals surface area (Å²) in [5.74, 6) is 5.93. The van der Waals surface area contributed by atoms with Gasteiger partial charge in [0.2, 0.25) is 0 Å². The van der Waals surface area contributed by atoms with Crippen molar-refractivity contribution in [1.82, 2.24) is 5.43 Å². The fraction of sp³-hybridized carbons (Fsp3) is 0.625. The van der Waals surface area contributed by atoms with Gasteiger partial charge in [-0.15, -0.1) is 0 Å². The lowest BCUT2D eigenvalue weighted by Gasteiger charge is -2.34. The minimum absolute atomic E-state index is 0.0268. The number of hydrogen-bond acceptors (Lipinski definition) is 3. The van der Waals surface area contributed by atoms with Gasteiger partial charge in [-0.25, -0.2) is 4.39 Å². The molecule has 118 valence electrons. The van der Waals surface area contributed by atoms with Crippen LogP contribution in [0.2, 0.25) is 5.02 Å². The third kappa shape index (κ3) is 4.39. The summed E-state index contributed by atoms with van der Waals surface area (Å²) in [5.41, 5.74) is 3.75. The van der Waals surface area contributed by atoms with E-state index in [9.17, 15) is 4.39 Å². The second kappa shape index (κ2) is 8.08. The van der Waals surface area contributed by atoms with Crippen molar-refractivity contribution in [2.45, 2.75) is 50.7 Å². The summed E-state index contributed by atoms with van der Waals surface area (Å²) in [5, 5.41) is 0.439. The quantitative estimate of drug-likeness (QED) is 0.624. The molecule has 1 aromatic carbocycles. The second-order valence-electron chi connectivity index (χ2n) is 5.81. The number of hydrazine groups is 1. The maximum Gasteiger partial charge on any atom is 0.124 e. The van der Waals surface area contributed by atoms with Crippen molar-refractivity contribution in [3.63, 3.8) is 0 Å². The predicted molar refractivity (Wildman–Crippen MR) is 83.6 cm³/mol. The standard InChI is InChI=1S/C16H24ClFN2O/c1-21-16(11-5-3-2-4-6-11)15(20-19)9-12-7-8-13(18)10-14(12)17/h7-8,10-11,15-16,20H,2-6,9,19H2,1H3. The highest BCUT2D eigenvalue weighted by Gasteiger charge is 2.30. The van der Waals surface area contributed by atoms with Crippen LogP contribution in [0, 0.1) is 11.7 Å². The molecule has 2 rings (SSSR count). The summed E-state index contributed by atoms with van der Waals surface area (Å²) in [4.78, 5) is 0. The molecule has 0 heterocycles. The molecule has 0 aromatic heterocycles. The van der Waals surface area contributed by atoms with E-state index >= 15 is 0 Å². The molecule has 3 nitrogen and oxygen atoms in total. The molecule has 1 fully saturated rings. The molecule has 3 N–H and O–H groups in total. The van der Waals surface area contributed by atoms with Crippen LogP contribution >= 0.6 is 11.6 Å². The number of benzene rings is 1. The fourth-order valence-electron chi connectivity index (χ4n) is 3.34. The van der Waals surface area contributed by atoms with Gasteiger partial charge in [0.05, 0.1) is 12.1 Å². The summed E-state index contributed by atoms with van der Waals surface area (Å²) in [6.45, 7) is 0. The molecule has 0 bridgehead atoms. The van der Waals surface area contributed by atoms with Crippen molar-refractivity contribution < 1.29 is 9.13 Å². The van der Waals surface area contributed by atoms with Gasteiger partial charge >= 0.3 is 0 Å². The lowest BCUT2D eigenvalue weighted by atomic mass is 9.81. The lowest BCUT2D eigenvalue weighted by molar-refractivity contribution is 0.00827. The number of nitrogens with one attached hydrogen (secondary N) is 1. The largest absolute Gasteiger partial charge is 0.379 e. The van der Waals surface area contributed by atoms with Crippen LogP contribution in [0.15, 0.2) is 18.2 Å². The number of ether oxygens (including phenoxy) is 1. The van der Waals surface area contributed by atoms with E-state index < -0.39 is 0 Å². The first kappa shape index (κ1) is 16.7. The molecule has 0 saturated heterocycles. The van der Waals surface area contributed by atoms with Crippen molar-refractivity contribution >= 4 is 11.6 Å². The first-order valence-electron chi connectivity index (χ1n) is 7.58. The van der Waals surface area contributed by atoms with Gasteiger partial charge in [-0.2, -0.15) is 0 Å². The van der Waals surface area contributed by atoms with Crippen molar-refractivity contribution in [3.8, 4) is 0 Å². The van der Waals surface area contributed by atoms with Crippen LogP contribution in [0.1, 0.15) is 37.7 Å². The predicted octanol–water partition coefficient (Wildman–Crippen LogP) is 3.45. The van der Waals surface area contributed by atoms with Crippen molar-refractivity contribution in [1.29, 1.82) is 0 Å². The zero-order valence-corrected chi connectivity index (χ0v) is 13.2. The average molecular weight is 315 g/mol. The van der Waals surface area contributed by atoms with Crippen molar-refractivity contribution in [2.24, 2.45) is 11.8 Å². The van der Waals surface area contributed by atoms with Crippen LogP contribution in [-0.4, -0.2) is 19.3 Å². The smallest absolute Gasteiger partial charge is 0.124 e. The summed E-state index contributed by atoms with van der Waals surface area (Å²) in [7, 11) is 1.73. The zero-order chi connectivity index (χ0) is 15.2. The van der Waals surface area contributed by atoms with Gasteiger partial charge in [-0.1, -0.05) is 36.9 Å². The van der Waals surface area contributed by atoms with Gasteiger partial charge in [0, 0.05) is 12.1 Å². The van der Waals surface area contributed by atoms with E-state index in [1.54, 1.807) is 13.2 Å². The van der Waals surface area contributed by atoms with Crippen LogP contribution in [0.4, 0.5) is 4.39 Å². The molecule has 1 aliphatic carbocycles. The number of nitrogens with two attached hydrogens (primary N) is 1. The van der Waals surface area contributed by atoms with Crippen LogP contribution in [0.3, 0.4) is 0 Å². The van der Waals surface area contributed by atoms with Crippen LogP contribution in [0.5, 0.6) is 0 Å². The minimum Gasteiger partial charge on any atom is -0.379 e. The molecule has 1 aromatic rings. The Morgan fingerprint density at radius 2 is 2.10 bits per heavy atom. The SMILES string of the molecule is COC(C1CCCCC1)C(Cc1ccc(F)cc1Cl)NN. The Kier molecular flexibility index (Phi) is 6.42. The molecule has 0 spiro atoms. The highest BCUT2D eigenvalue weighted by molar-refractivity contribution is 6.31. The Morgan fingerprint density at radius 1 is 1.38 bits per heavy atom. The maximum atomic E-state index is 13.1. The monoisotopic (exact) mass is 314 g/mol. The van der Waals surface area contributed by atoms with E-state index in [1.165, 1.54) is 44.2 Å². The molecule has 1 saturated carbocycles. The van der Waals surface area contributed by atoms with Gasteiger partial charge in [0.1, 0.15) is 5.82 Å². The summed E-state index contributed by atoms with van der Waals surface area (Å²) < 4.78 is 18.9. The normalized spacial score (nSPS) is 19.4.